The van der Waals surface area contributed by atoms with Crippen LogP contribution in [0.2, 0.25) is 0 Å². The summed E-state index contributed by atoms with van der Waals surface area (Å²) in [5, 5.41) is 12.8. The highest BCUT2D eigenvalue weighted by atomic mass is 79.9. The first kappa shape index (κ1) is 12.7. The number of nitrogens with zero attached hydrogens (tertiary/aromatic N) is 2. The van der Waals surface area contributed by atoms with Gasteiger partial charge in [0.05, 0.1) is 11.1 Å². The maximum absolute atomic E-state index is 8.73. The molecule has 1 heterocycles. The molecule has 1 rings (SSSR count). The fraction of sp³-hybridized carbons (Fsp3) is 0.556. The third-order valence-electron chi connectivity index (χ3n) is 1.63. The summed E-state index contributed by atoms with van der Waals surface area (Å²) >= 11 is 4.96. The normalized spacial score (nSPS) is 10.3. The molecular formula is C9H14BrN3OS. The Balaban J connectivity index is 2.71. The first-order chi connectivity index (χ1) is 7.29. The van der Waals surface area contributed by atoms with E-state index in [1.807, 2.05) is 0 Å². The number of aliphatic hydroxyl groups is 1. The maximum atomic E-state index is 8.73. The first-order valence-corrected chi connectivity index (χ1v) is 6.55. The Kier molecular flexibility index (Phi) is 5.97. The molecule has 0 radical (unpaired) electrons. The van der Waals surface area contributed by atoms with Crippen molar-refractivity contribution in [2.45, 2.75) is 18.4 Å². The highest BCUT2D eigenvalue weighted by Gasteiger charge is 2.07. The number of hydrogen-bond donors (Lipinski definition) is 2. The Morgan fingerprint density at radius 2 is 2.33 bits per heavy atom. The standard InChI is InChI=1S/C9H14BrN3OS/c1-2-3-11-8-7(10)9(13-6-12-8)15-5-4-14/h6,14H,2-5H2,1H3,(H,11,12,13). The summed E-state index contributed by atoms with van der Waals surface area (Å²) in [7, 11) is 0. The van der Waals surface area contributed by atoms with Crippen LogP contribution >= 0.6 is 27.7 Å². The molecular weight excluding hydrogens is 278 g/mol. The lowest BCUT2D eigenvalue weighted by Gasteiger charge is -2.08. The Bertz CT molecular complexity index is 285. The maximum Gasteiger partial charge on any atom is 0.144 e. The fourth-order valence-corrected chi connectivity index (χ4v) is 2.28. The van der Waals surface area contributed by atoms with E-state index in [4.69, 9.17) is 5.11 Å². The van der Waals surface area contributed by atoms with Crippen molar-refractivity contribution in [3.63, 3.8) is 0 Å². The fourth-order valence-electron chi connectivity index (χ4n) is 0.963. The summed E-state index contributed by atoms with van der Waals surface area (Å²) in [4.78, 5) is 8.28. The molecule has 0 fully saturated rings. The third-order valence-corrected chi connectivity index (χ3v) is 3.61. The van der Waals surface area contributed by atoms with E-state index in [1.165, 1.54) is 18.1 Å². The van der Waals surface area contributed by atoms with Crippen LogP contribution in [0.15, 0.2) is 15.8 Å². The molecule has 1 aromatic rings. The van der Waals surface area contributed by atoms with Crippen LogP contribution in [-0.4, -0.2) is 34.0 Å². The zero-order chi connectivity index (χ0) is 11.1. The van der Waals surface area contributed by atoms with Gasteiger partial charge in [0.25, 0.3) is 0 Å². The van der Waals surface area contributed by atoms with Gasteiger partial charge in [0.1, 0.15) is 17.2 Å². The number of halogens is 1. The Labute approximate surface area is 102 Å². The van der Waals surface area contributed by atoms with Crippen molar-refractivity contribution in [2.75, 3.05) is 24.2 Å². The lowest BCUT2D eigenvalue weighted by molar-refractivity contribution is 0.322. The van der Waals surface area contributed by atoms with E-state index >= 15 is 0 Å². The van der Waals surface area contributed by atoms with Crippen molar-refractivity contribution in [3.05, 3.63) is 10.8 Å². The van der Waals surface area contributed by atoms with Gasteiger partial charge in [0.15, 0.2) is 0 Å². The minimum Gasteiger partial charge on any atom is -0.396 e. The molecule has 0 atom stereocenters. The van der Waals surface area contributed by atoms with Gasteiger partial charge in [0, 0.05) is 12.3 Å². The van der Waals surface area contributed by atoms with Gasteiger partial charge in [-0.25, -0.2) is 9.97 Å². The molecule has 4 nitrogen and oxygen atoms in total. The molecule has 0 bridgehead atoms. The molecule has 15 heavy (non-hydrogen) atoms. The Morgan fingerprint density at radius 1 is 1.53 bits per heavy atom. The molecule has 84 valence electrons. The van der Waals surface area contributed by atoms with Crippen molar-refractivity contribution < 1.29 is 5.11 Å². The van der Waals surface area contributed by atoms with Crippen molar-refractivity contribution in [1.82, 2.24) is 9.97 Å². The van der Waals surface area contributed by atoms with E-state index < -0.39 is 0 Å². The number of anilines is 1. The zero-order valence-corrected chi connectivity index (χ0v) is 10.9. The quantitative estimate of drug-likeness (QED) is 0.621. The van der Waals surface area contributed by atoms with Crippen LogP contribution in [0, 0.1) is 0 Å². The van der Waals surface area contributed by atoms with Crippen molar-refractivity contribution >= 4 is 33.5 Å². The van der Waals surface area contributed by atoms with Gasteiger partial charge in [-0.2, -0.15) is 0 Å². The zero-order valence-electron chi connectivity index (χ0n) is 8.53. The summed E-state index contributed by atoms with van der Waals surface area (Å²) in [6, 6.07) is 0. The molecule has 0 saturated carbocycles. The largest absolute Gasteiger partial charge is 0.396 e. The number of aromatic nitrogens is 2. The van der Waals surface area contributed by atoms with Gasteiger partial charge in [-0.1, -0.05) is 6.92 Å². The lowest BCUT2D eigenvalue weighted by atomic mass is 10.4. The van der Waals surface area contributed by atoms with E-state index in [0.717, 1.165) is 28.3 Å². The summed E-state index contributed by atoms with van der Waals surface area (Å²) < 4.78 is 0.872. The second-order valence-electron chi connectivity index (χ2n) is 2.84. The number of nitrogens with one attached hydrogen (secondary N) is 1. The molecule has 0 amide bonds. The SMILES string of the molecule is CCCNc1ncnc(SCCO)c1Br. The molecule has 0 aliphatic rings. The molecule has 0 unspecified atom stereocenters. The Morgan fingerprint density at radius 3 is 3.00 bits per heavy atom. The molecule has 1 aromatic heterocycles. The molecule has 0 spiro atoms. The summed E-state index contributed by atoms with van der Waals surface area (Å²) in [5.74, 6) is 1.45. The second-order valence-corrected chi connectivity index (χ2v) is 4.72. The number of thioether (sulfide) groups is 1. The number of hydrogen-bond acceptors (Lipinski definition) is 5. The van der Waals surface area contributed by atoms with Gasteiger partial charge in [-0.15, -0.1) is 11.8 Å². The third kappa shape index (κ3) is 3.96. The van der Waals surface area contributed by atoms with Crippen molar-refractivity contribution in [3.8, 4) is 0 Å². The number of aliphatic hydroxyl groups excluding tert-OH is 1. The van der Waals surface area contributed by atoms with E-state index in [2.05, 4.69) is 38.1 Å². The molecule has 0 saturated heterocycles. The molecule has 6 heteroatoms. The van der Waals surface area contributed by atoms with Crippen molar-refractivity contribution in [1.29, 1.82) is 0 Å². The summed E-state index contributed by atoms with van der Waals surface area (Å²) in [6.07, 6.45) is 2.58. The van der Waals surface area contributed by atoms with Crippen molar-refractivity contribution in [2.24, 2.45) is 0 Å². The molecule has 0 aromatic carbocycles. The average Bonchev–Trinajstić information content (AvgIpc) is 2.26. The van der Waals surface area contributed by atoms with Crippen LogP contribution in [0.5, 0.6) is 0 Å². The van der Waals surface area contributed by atoms with Gasteiger partial charge in [-0.05, 0) is 22.4 Å². The minimum absolute atomic E-state index is 0.152. The highest BCUT2D eigenvalue weighted by molar-refractivity contribution is 9.10. The van der Waals surface area contributed by atoms with E-state index in [0.29, 0.717) is 5.75 Å². The van der Waals surface area contributed by atoms with Gasteiger partial charge >= 0.3 is 0 Å². The van der Waals surface area contributed by atoms with Gasteiger partial charge < -0.3 is 10.4 Å². The predicted molar refractivity (Wildman–Crippen MR) is 66.3 cm³/mol. The lowest BCUT2D eigenvalue weighted by Crippen LogP contribution is -2.04. The molecule has 0 aliphatic carbocycles. The monoisotopic (exact) mass is 291 g/mol. The smallest absolute Gasteiger partial charge is 0.144 e. The Hall–Kier alpha value is -0.330. The van der Waals surface area contributed by atoms with Crippen LogP contribution in [-0.2, 0) is 0 Å². The van der Waals surface area contributed by atoms with Gasteiger partial charge in [-0.3, -0.25) is 0 Å². The van der Waals surface area contributed by atoms with Crippen LogP contribution in [0.1, 0.15) is 13.3 Å². The van der Waals surface area contributed by atoms with Crippen LogP contribution in [0.25, 0.3) is 0 Å². The minimum atomic E-state index is 0.152. The average molecular weight is 292 g/mol. The van der Waals surface area contributed by atoms with Crippen LogP contribution in [0.3, 0.4) is 0 Å². The van der Waals surface area contributed by atoms with Crippen LogP contribution < -0.4 is 5.32 Å². The summed E-state index contributed by atoms with van der Waals surface area (Å²) in [6.45, 7) is 3.14. The van der Waals surface area contributed by atoms with E-state index in [-0.39, 0.29) is 6.61 Å². The molecule has 2 N–H and O–H groups in total. The highest BCUT2D eigenvalue weighted by Crippen LogP contribution is 2.29. The van der Waals surface area contributed by atoms with E-state index in [1.54, 1.807) is 0 Å². The molecule has 0 aliphatic heterocycles. The van der Waals surface area contributed by atoms with Crippen LogP contribution in [0.4, 0.5) is 5.82 Å². The predicted octanol–water partition coefficient (Wildman–Crippen LogP) is 2.15. The topological polar surface area (TPSA) is 58.0 Å². The second kappa shape index (κ2) is 7.03. The number of rotatable bonds is 6. The van der Waals surface area contributed by atoms with E-state index in [9.17, 15) is 0 Å². The first-order valence-electron chi connectivity index (χ1n) is 4.77. The van der Waals surface area contributed by atoms with Gasteiger partial charge in [0.2, 0.25) is 0 Å². The summed E-state index contributed by atoms with van der Waals surface area (Å²) in [5.41, 5.74) is 0.